The molecule has 28 heavy (non-hydrogen) atoms. The van der Waals surface area contributed by atoms with Crippen LogP contribution in [0.15, 0.2) is 30.3 Å². The number of aromatic nitrogens is 2. The van der Waals surface area contributed by atoms with Crippen LogP contribution >= 0.6 is 0 Å². The Labute approximate surface area is 163 Å². The van der Waals surface area contributed by atoms with Gasteiger partial charge in [-0.25, -0.2) is 23.2 Å². The van der Waals surface area contributed by atoms with Gasteiger partial charge in [-0.2, -0.15) is 0 Å². The zero-order valence-electron chi connectivity index (χ0n) is 15.5. The number of aliphatic hydroxyl groups excluding tert-OH is 1. The molecule has 0 radical (unpaired) electrons. The normalized spacial score (nSPS) is 15.1. The molecule has 1 heterocycles. The van der Waals surface area contributed by atoms with E-state index in [1.807, 2.05) is 0 Å². The van der Waals surface area contributed by atoms with Crippen molar-refractivity contribution in [3.05, 3.63) is 36.0 Å². The van der Waals surface area contributed by atoms with Crippen LogP contribution < -0.4 is 16.4 Å². The quantitative estimate of drug-likeness (QED) is 0.507. The summed E-state index contributed by atoms with van der Waals surface area (Å²) in [6.07, 6.45) is 2.74. The summed E-state index contributed by atoms with van der Waals surface area (Å²) in [6, 6.07) is 7.98. The number of hydrogen-bond donors (Lipinski definition) is 4. The molecule has 0 bridgehead atoms. The molecule has 1 saturated carbocycles. The molecule has 10 heteroatoms. The van der Waals surface area contributed by atoms with Crippen LogP contribution in [0, 0.1) is 0 Å². The van der Waals surface area contributed by atoms with Crippen molar-refractivity contribution in [2.24, 2.45) is 0 Å². The minimum atomic E-state index is -3.31. The molecule has 5 N–H and O–H groups in total. The van der Waals surface area contributed by atoms with E-state index in [-0.39, 0.29) is 18.5 Å². The summed E-state index contributed by atoms with van der Waals surface area (Å²) in [5, 5.41) is 14.0. The molecule has 3 rings (SSSR count). The Balaban J connectivity index is 1.78. The highest BCUT2D eigenvalue weighted by molar-refractivity contribution is 7.91. The van der Waals surface area contributed by atoms with E-state index in [4.69, 9.17) is 10.8 Å². The van der Waals surface area contributed by atoms with E-state index in [0.717, 1.165) is 0 Å². The van der Waals surface area contributed by atoms with Gasteiger partial charge in [0.25, 0.3) is 0 Å². The first-order valence-corrected chi connectivity index (χ1v) is 10.7. The fourth-order valence-corrected chi connectivity index (χ4v) is 4.25. The number of nitrogens with one attached hydrogen (secondary N) is 2. The maximum absolute atomic E-state index is 12.2. The highest BCUT2D eigenvalue weighted by Crippen LogP contribution is 2.52. The lowest BCUT2D eigenvalue weighted by atomic mass is 10.1. The minimum absolute atomic E-state index is 0.0117. The first kappa shape index (κ1) is 20.0. The lowest BCUT2D eigenvalue weighted by Crippen LogP contribution is -2.29. The van der Waals surface area contributed by atoms with Crippen LogP contribution in [0.5, 0.6) is 0 Å². The molecular formula is C18H23N5O4S. The van der Waals surface area contributed by atoms with Gasteiger partial charge in [-0.05, 0) is 43.5 Å². The van der Waals surface area contributed by atoms with Gasteiger partial charge in [0.1, 0.15) is 10.6 Å². The number of amides is 2. The molecule has 9 nitrogen and oxygen atoms in total. The summed E-state index contributed by atoms with van der Waals surface area (Å²) in [5.41, 5.74) is 7.54. The van der Waals surface area contributed by atoms with Crippen molar-refractivity contribution in [3.63, 3.8) is 0 Å². The van der Waals surface area contributed by atoms with Crippen LogP contribution in [0.2, 0.25) is 0 Å². The average molecular weight is 405 g/mol. The molecule has 150 valence electrons. The smallest absolute Gasteiger partial charge is 0.319 e. The first-order chi connectivity index (χ1) is 13.2. The lowest BCUT2D eigenvalue weighted by molar-refractivity contribution is 0.249. The van der Waals surface area contributed by atoms with Crippen molar-refractivity contribution >= 4 is 27.4 Å². The zero-order valence-corrected chi connectivity index (χ0v) is 16.3. The van der Waals surface area contributed by atoms with Gasteiger partial charge in [-0.3, -0.25) is 0 Å². The largest absolute Gasteiger partial charge is 0.396 e. The van der Waals surface area contributed by atoms with Gasteiger partial charge in [0.2, 0.25) is 0 Å². The number of nitrogens with two attached hydrogens (primary N) is 1. The SMILES string of the molecule is CS(=O)(=O)C1(c2cc(N)nc(-c3ccc(NC(=O)NCCCO)cc3)n2)CC1. The van der Waals surface area contributed by atoms with Crippen molar-refractivity contribution in [3.8, 4) is 11.4 Å². The van der Waals surface area contributed by atoms with Crippen molar-refractivity contribution < 1.29 is 18.3 Å². The van der Waals surface area contributed by atoms with Gasteiger partial charge in [0, 0.05) is 36.7 Å². The lowest BCUT2D eigenvalue weighted by Gasteiger charge is -2.14. The van der Waals surface area contributed by atoms with Crippen LogP contribution in [0.3, 0.4) is 0 Å². The van der Waals surface area contributed by atoms with E-state index in [9.17, 15) is 13.2 Å². The molecule has 1 aliphatic carbocycles. The number of benzene rings is 1. The van der Waals surface area contributed by atoms with Crippen molar-refractivity contribution in [2.45, 2.75) is 24.0 Å². The molecule has 2 amide bonds. The Hall–Kier alpha value is -2.72. The van der Waals surface area contributed by atoms with E-state index in [1.165, 1.54) is 12.3 Å². The topological polar surface area (TPSA) is 147 Å². The average Bonchev–Trinajstić information content (AvgIpc) is 3.44. The Morgan fingerprint density at radius 1 is 1.25 bits per heavy atom. The van der Waals surface area contributed by atoms with Gasteiger partial charge in [-0.15, -0.1) is 0 Å². The second-order valence-corrected chi connectivity index (χ2v) is 9.13. The van der Waals surface area contributed by atoms with Crippen LogP contribution in [0.25, 0.3) is 11.4 Å². The second-order valence-electron chi connectivity index (χ2n) is 6.80. The van der Waals surface area contributed by atoms with Crippen molar-refractivity contribution in [1.29, 1.82) is 0 Å². The minimum Gasteiger partial charge on any atom is -0.396 e. The summed E-state index contributed by atoms with van der Waals surface area (Å²) >= 11 is 0. The maximum Gasteiger partial charge on any atom is 0.319 e. The predicted octanol–water partition coefficient (Wildman–Crippen LogP) is 1.26. The van der Waals surface area contributed by atoms with Gasteiger partial charge in [0.15, 0.2) is 15.7 Å². The van der Waals surface area contributed by atoms with Gasteiger partial charge in [-0.1, -0.05) is 0 Å². The molecule has 1 aromatic carbocycles. The summed E-state index contributed by atoms with van der Waals surface area (Å²) in [5.74, 6) is 0.546. The number of hydrogen-bond acceptors (Lipinski definition) is 7. The van der Waals surface area contributed by atoms with Gasteiger partial charge in [0.05, 0.1) is 5.69 Å². The van der Waals surface area contributed by atoms with Crippen LogP contribution in [-0.4, -0.2) is 48.9 Å². The Morgan fingerprint density at radius 2 is 1.93 bits per heavy atom. The molecule has 0 spiro atoms. The molecule has 0 unspecified atom stereocenters. The van der Waals surface area contributed by atoms with Gasteiger partial charge >= 0.3 is 6.03 Å². The highest BCUT2D eigenvalue weighted by Gasteiger charge is 2.55. The second kappa shape index (κ2) is 7.72. The fraction of sp³-hybridized carbons (Fsp3) is 0.389. The monoisotopic (exact) mass is 405 g/mol. The van der Waals surface area contributed by atoms with Crippen LogP contribution in [0.4, 0.5) is 16.3 Å². The Kier molecular flexibility index (Phi) is 5.52. The van der Waals surface area contributed by atoms with E-state index >= 15 is 0 Å². The summed E-state index contributed by atoms with van der Waals surface area (Å²) in [7, 11) is -3.31. The number of nitrogen functional groups attached to an aromatic ring is 1. The molecule has 0 atom stereocenters. The first-order valence-electron chi connectivity index (χ1n) is 8.86. The number of nitrogens with zero attached hydrogens (tertiary/aromatic N) is 2. The molecule has 1 aromatic heterocycles. The third-order valence-electron chi connectivity index (χ3n) is 4.65. The van der Waals surface area contributed by atoms with E-state index in [1.54, 1.807) is 24.3 Å². The zero-order chi connectivity index (χ0) is 20.4. The van der Waals surface area contributed by atoms with Crippen LogP contribution in [-0.2, 0) is 14.6 Å². The number of anilines is 2. The highest BCUT2D eigenvalue weighted by atomic mass is 32.2. The van der Waals surface area contributed by atoms with E-state index in [2.05, 4.69) is 20.6 Å². The summed E-state index contributed by atoms with van der Waals surface area (Å²) < 4.78 is 23.3. The number of sulfone groups is 1. The third-order valence-corrected chi connectivity index (χ3v) is 6.69. The molecule has 1 fully saturated rings. The van der Waals surface area contributed by atoms with Crippen molar-refractivity contribution in [1.82, 2.24) is 15.3 Å². The Morgan fingerprint density at radius 3 is 2.50 bits per heavy atom. The predicted molar refractivity (Wildman–Crippen MR) is 106 cm³/mol. The van der Waals surface area contributed by atoms with E-state index < -0.39 is 14.6 Å². The maximum atomic E-state index is 12.2. The fourth-order valence-electron chi connectivity index (χ4n) is 2.92. The van der Waals surface area contributed by atoms with Crippen LogP contribution in [0.1, 0.15) is 25.0 Å². The Bertz CT molecular complexity index is 972. The third kappa shape index (κ3) is 4.23. The standard InChI is InChI=1S/C18H23N5O4S/c1-28(26,27)18(7-8-18)14-11-15(19)23-16(22-14)12-3-5-13(6-4-12)21-17(25)20-9-2-10-24/h3-6,11,24H,2,7-10H2,1H3,(H2,19,22,23)(H2,20,21,25). The number of carbonyl (C=O) groups excluding carboxylic acids is 1. The summed E-state index contributed by atoms with van der Waals surface area (Å²) in [4.78, 5) is 20.4. The number of urea groups is 1. The number of rotatable bonds is 7. The molecular weight excluding hydrogens is 382 g/mol. The number of carbonyl (C=O) groups is 1. The molecule has 0 aliphatic heterocycles. The summed E-state index contributed by atoms with van der Waals surface area (Å²) in [6.45, 7) is 0.389. The molecule has 1 aliphatic rings. The van der Waals surface area contributed by atoms with Gasteiger partial charge < -0.3 is 21.5 Å². The van der Waals surface area contributed by atoms with Crippen molar-refractivity contribution in [2.75, 3.05) is 30.5 Å². The number of aliphatic hydroxyl groups is 1. The molecule has 0 saturated heterocycles. The molecule has 2 aromatic rings. The van der Waals surface area contributed by atoms with E-state index in [0.29, 0.717) is 48.6 Å².